The zero-order valence-corrected chi connectivity index (χ0v) is 23.2. The van der Waals surface area contributed by atoms with Crippen LogP contribution in [0, 0.1) is 11.8 Å². The van der Waals surface area contributed by atoms with E-state index < -0.39 is 0 Å². The van der Waals surface area contributed by atoms with Crippen LogP contribution in [0.5, 0.6) is 11.5 Å². The van der Waals surface area contributed by atoms with Crippen molar-refractivity contribution in [2.75, 3.05) is 73.9 Å². The molecule has 1 saturated heterocycles. The second-order valence-corrected chi connectivity index (χ2v) is 8.48. The Kier molecular flexibility index (Phi) is 15.6. The van der Waals surface area contributed by atoms with Crippen LogP contribution >= 0.6 is 0 Å². The summed E-state index contributed by atoms with van der Waals surface area (Å²) in [5.41, 5.74) is 2.13. The second-order valence-electron chi connectivity index (χ2n) is 8.48. The average Bonchev–Trinajstić information content (AvgIpc) is 3.50. The molecule has 0 spiro atoms. The molecule has 0 atom stereocenters. The molecule has 2 aromatic rings. The highest BCUT2D eigenvalue weighted by Crippen LogP contribution is 2.32. The molecule has 0 aliphatic carbocycles. The third kappa shape index (κ3) is 11.5. The average molecular weight is 527 g/mol. The lowest BCUT2D eigenvalue weighted by molar-refractivity contribution is 0.0158. The Hall–Kier alpha value is -3.09. The zero-order valence-electron chi connectivity index (χ0n) is 23.2. The largest absolute Gasteiger partial charge is 0.493 e. The zero-order chi connectivity index (χ0) is 27.4. The topological polar surface area (TPSA) is 78.5 Å². The van der Waals surface area contributed by atoms with Crippen molar-refractivity contribution in [1.29, 1.82) is 0 Å². The summed E-state index contributed by atoms with van der Waals surface area (Å²) in [5.74, 6) is 6.43. The lowest BCUT2D eigenvalue weighted by Gasteiger charge is -2.12. The minimum absolute atomic E-state index is 0.248. The normalized spacial score (nSPS) is 12.6. The van der Waals surface area contributed by atoms with Crippen LogP contribution in [0.2, 0.25) is 0 Å². The minimum atomic E-state index is -0.278. The van der Waals surface area contributed by atoms with Gasteiger partial charge in [-0.25, -0.2) is 0 Å². The minimum Gasteiger partial charge on any atom is -0.493 e. The number of nitrogens with one attached hydrogen (secondary N) is 1. The van der Waals surface area contributed by atoms with Crippen molar-refractivity contribution in [2.45, 2.75) is 26.4 Å². The molecule has 8 nitrogen and oxygen atoms in total. The number of hydrogen-bond acceptors (Lipinski definition) is 7. The van der Waals surface area contributed by atoms with Crippen molar-refractivity contribution in [3.63, 3.8) is 0 Å². The van der Waals surface area contributed by atoms with Crippen molar-refractivity contribution < 1.29 is 28.5 Å². The van der Waals surface area contributed by atoms with Gasteiger partial charge in [-0.2, -0.15) is 0 Å². The Bertz CT molecular complexity index is 997. The summed E-state index contributed by atoms with van der Waals surface area (Å²) in [4.78, 5) is 14.6. The third-order valence-corrected chi connectivity index (χ3v) is 5.86. The van der Waals surface area contributed by atoms with Gasteiger partial charge in [0.25, 0.3) is 5.91 Å². The molecule has 0 unspecified atom stereocenters. The Labute approximate surface area is 227 Å². The number of carbonyl (C=O) groups excluding carboxylic acids is 1. The monoisotopic (exact) mass is 526 g/mol. The van der Waals surface area contributed by atoms with Gasteiger partial charge in [-0.05, 0) is 50.2 Å². The van der Waals surface area contributed by atoms with Crippen LogP contribution in [0.4, 0.5) is 0 Å². The summed E-state index contributed by atoms with van der Waals surface area (Å²) in [6, 6.07) is 13.4. The molecule has 1 fully saturated rings. The van der Waals surface area contributed by atoms with Gasteiger partial charge < -0.3 is 33.9 Å². The fraction of sp³-hybridized carbons (Fsp3) is 0.500. The maximum absolute atomic E-state index is 12.1. The summed E-state index contributed by atoms with van der Waals surface area (Å²) in [6.07, 6.45) is 2.85. The Morgan fingerprint density at radius 3 is 2.24 bits per heavy atom. The molecule has 0 aromatic heterocycles. The Morgan fingerprint density at radius 2 is 1.63 bits per heavy atom. The van der Waals surface area contributed by atoms with E-state index in [2.05, 4.69) is 29.0 Å². The van der Waals surface area contributed by atoms with Crippen LogP contribution in [0.15, 0.2) is 42.5 Å². The Morgan fingerprint density at radius 1 is 0.947 bits per heavy atom. The van der Waals surface area contributed by atoms with E-state index in [0.29, 0.717) is 55.7 Å². The van der Waals surface area contributed by atoms with Gasteiger partial charge in [0.05, 0.1) is 52.8 Å². The van der Waals surface area contributed by atoms with Gasteiger partial charge in [-0.1, -0.05) is 49.1 Å². The molecule has 3 rings (SSSR count). The molecule has 1 aliphatic rings. The van der Waals surface area contributed by atoms with Crippen LogP contribution in [0.3, 0.4) is 0 Å². The number of benzene rings is 2. The number of carbonyl (C=O) groups is 1. The fourth-order valence-electron chi connectivity index (χ4n) is 3.80. The summed E-state index contributed by atoms with van der Waals surface area (Å²) >= 11 is 0. The predicted molar refractivity (Wildman–Crippen MR) is 149 cm³/mol. The van der Waals surface area contributed by atoms with Crippen LogP contribution in [0.25, 0.3) is 0 Å². The van der Waals surface area contributed by atoms with E-state index in [0.717, 1.165) is 5.56 Å². The summed E-state index contributed by atoms with van der Waals surface area (Å²) < 4.78 is 27.1. The quantitative estimate of drug-likeness (QED) is 0.315. The molecule has 208 valence electrons. The lowest BCUT2D eigenvalue weighted by Crippen LogP contribution is -2.19. The van der Waals surface area contributed by atoms with Gasteiger partial charge in [-0.3, -0.25) is 4.79 Å². The van der Waals surface area contributed by atoms with Gasteiger partial charge in [-0.15, -0.1) is 0 Å². The molecule has 0 bridgehead atoms. The lowest BCUT2D eigenvalue weighted by atomic mass is 10.1. The molecular weight excluding hydrogens is 484 g/mol. The van der Waals surface area contributed by atoms with Crippen LogP contribution in [-0.2, 0) is 20.8 Å². The SMILES string of the molecule is CCN1CCCC1.CNC(=O)c1cc(C#CCOCCOCCOCc2ccccc2)cc(OC)c1OC. The molecule has 2 aromatic carbocycles. The first-order valence-corrected chi connectivity index (χ1v) is 13.1. The predicted octanol–water partition coefficient (Wildman–Crippen LogP) is 3.77. The maximum Gasteiger partial charge on any atom is 0.254 e. The van der Waals surface area contributed by atoms with Gasteiger partial charge in [0.2, 0.25) is 0 Å². The van der Waals surface area contributed by atoms with Gasteiger partial charge in [0.1, 0.15) is 6.61 Å². The molecule has 0 radical (unpaired) electrons. The molecule has 1 N–H and O–H groups in total. The highest BCUT2D eigenvalue weighted by molar-refractivity contribution is 5.98. The summed E-state index contributed by atoms with van der Waals surface area (Å²) in [6.45, 7) is 8.93. The number of methoxy groups -OCH3 is 2. The van der Waals surface area contributed by atoms with E-state index in [1.54, 1.807) is 19.2 Å². The number of amides is 1. The van der Waals surface area contributed by atoms with Crippen molar-refractivity contribution in [1.82, 2.24) is 10.2 Å². The summed E-state index contributed by atoms with van der Waals surface area (Å²) in [5, 5.41) is 2.58. The van der Waals surface area contributed by atoms with E-state index in [-0.39, 0.29) is 12.5 Å². The van der Waals surface area contributed by atoms with E-state index in [9.17, 15) is 4.79 Å². The van der Waals surface area contributed by atoms with Crippen molar-refractivity contribution >= 4 is 5.91 Å². The first-order valence-electron chi connectivity index (χ1n) is 13.1. The van der Waals surface area contributed by atoms with Crippen molar-refractivity contribution in [3.8, 4) is 23.3 Å². The first kappa shape index (κ1) is 31.1. The third-order valence-electron chi connectivity index (χ3n) is 5.86. The Balaban J connectivity index is 0.000000624. The highest BCUT2D eigenvalue weighted by atomic mass is 16.5. The van der Waals surface area contributed by atoms with E-state index >= 15 is 0 Å². The molecule has 38 heavy (non-hydrogen) atoms. The standard InChI is InChI=1S/C24H29NO6.C6H13N/c1-25-24(26)21-16-20(17-22(27-2)23(21)28-3)10-7-11-29-12-13-30-14-15-31-18-19-8-5-4-6-9-19;1-2-7-5-3-4-6-7/h4-6,8-9,16-17H,11-15,18H2,1-3H3,(H,25,26);2-6H2,1H3. The number of rotatable bonds is 13. The molecule has 1 heterocycles. The molecule has 8 heteroatoms. The molecular formula is C30H42N2O6. The van der Waals surface area contributed by atoms with Crippen LogP contribution < -0.4 is 14.8 Å². The van der Waals surface area contributed by atoms with Crippen LogP contribution in [0.1, 0.15) is 41.3 Å². The van der Waals surface area contributed by atoms with Gasteiger partial charge in [0.15, 0.2) is 11.5 Å². The number of ether oxygens (including phenoxy) is 5. The highest BCUT2D eigenvalue weighted by Gasteiger charge is 2.17. The second kappa shape index (κ2) is 19.0. The number of likely N-dealkylation sites (tertiary alicyclic amines) is 1. The van der Waals surface area contributed by atoms with Crippen molar-refractivity contribution in [2.24, 2.45) is 0 Å². The van der Waals surface area contributed by atoms with Gasteiger partial charge in [0, 0.05) is 12.6 Å². The van der Waals surface area contributed by atoms with E-state index in [1.165, 1.54) is 46.7 Å². The smallest absolute Gasteiger partial charge is 0.254 e. The molecule has 1 amide bonds. The number of hydrogen-bond donors (Lipinski definition) is 1. The van der Waals surface area contributed by atoms with E-state index in [4.69, 9.17) is 23.7 Å². The molecule has 0 saturated carbocycles. The maximum atomic E-state index is 12.1. The first-order chi connectivity index (χ1) is 18.6. The fourth-order valence-corrected chi connectivity index (χ4v) is 3.80. The molecule has 1 aliphatic heterocycles. The number of nitrogens with zero attached hydrogens (tertiary/aromatic N) is 1. The van der Waals surface area contributed by atoms with Gasteiger partial charge >= 0.3 is 0 Å². The van der Waals surface area contributed by atoms with E-state index in [1.807, 2.05) is 30.3 Å². The van der Waals surface area contributed by atoms with Crippen molar-refractivity contribution in [3.05, 3.63) is 59.2 Å². The summed E-state index contributed by atoms with van der Waals surface area (Å²) in [7, 11) is 4.55. The van der Waals surface area contributed by atoms with Crippen LogP contribution in [-0.4, -0.2) is 84.7 Å².